The number of carbonyl (C=O) groups excluding carboxylic acids is 2. The maximum Gasteiger partial charge on any atom is 0.407 e. The van der Waals surface area contributed by atoms with Gasteiger partial charge < -0.3 is 25.2 Å². The number of aromatic nitrogens is 2. The highest BCUT2D eigenvalue weighted by Gasteiger charge is 2.29. The molecular weight excluding hydrogens is 585 g/mol. The molecule has 0 spiro atoms. The number of halogens is 1. The van der Waals surface area contributed by atoms with E-state index in [1.54, 1.807) is 48.7 Å². The fourth-order valence-corrected chi connectivity index (χ4v) is 6.38. The highest BCUT2D eigenvalue weighted by atomic mass is 32.1. The maximum absolute atomic E-state index is 14.7. The molecule has 44 heavy (non-hydrogen) atoms. The number of nitrogens with one attached hydrogen (secondary N) is 1. The summed E-state index contributed by atoms with van der Waals surface area (Å²) in [5.41, 5.74) is 2.01. The lowest BCUT2D eigenvalue weighted by Gasteiger charge is -2.33. The number of ether oxygens (including phenoxy) is 1. The van der Waals surface area contributed by atoms with E-state index in [4.69, 9.17) is 4.74 Å². The zero-order valence-electron chi connectivity index (χ0n) is 24.7. The topological polar surface area (TPSA) is 141 Å². The van der Waals surface area contributed by atoms with Crippen molar-refractivity contribution in [1.82, 2.24) is 20.0 Å². The Labute approximate surface area is 258 Å². The highest BCUT2D eigenvalue weighted by Crippen LogP contribution is 2.41. The van der Waals surface area contributed by atoms with Crippen molar-refractivity contribution in [3.05, 3.63) is 64.9 Å². The van der Waals surface area contributed by atoms with E-state index in [1.165, 1.54) is 23.5 Å². The number of aliphatic hydroxyl groups is 2. The molecule has 2 atom stereocenters. The molecule has 2 aromatic heterocycles. The van der Waals surface area contributed by atoms with Crippen LogP contribution in [0.3, 0.4) is 0 Å². The Bertz CT molecular complexity index is 1740. The molecule has 1 unspecified atom stereocenters. The molecule has 3 N–H and O–H groups in total. The summed E-state index contributed by atoms with van der Waals surface area (Å²) >= 11 is 1.29. The first kappa shape index (κ1) is 31.1. The van der Waals surface area contributed by atoms with E-state index in [0.717, 1.165) is 27.8 Å². The number of benzene rings is 2. The van der Waals surface area contributed by atoms with Crippen molar-refractivity contribution >= 4 is 34.2 Å². The predicted molar refractivity (Wildman–Crippen MR) is 165 cm³/mol. The molecule has 2 amide bonds. The Morgan fingerprint density at radius 1 is 1.23 bits per heavy atom. The third-order valence-corrected chi connectivity index (χ3v) is 8.44. The molecule has 1 aliphatic rings. The average Bonchev–Trinajstić information content (AvgIpc) is 3.60. The van der Waals surface area contributed by atoms with Crippen LogP contribution < -0.4 is 5.32 Å². The third-order valence-electron chi connectivity index (χ3n) is 7.27. The second kappa shape index (κ2) is 12.7. The largest absolute Gasteiger partial charge is 0.444 e. The molecule has 10 nitrogen and oxygen atoms in total. The van der Waals surface area contributed by atoms with Crippen molar-refractivity contribution < 1.29 is 28.9 Å². The lowest BCUT2D eigenvalue weighted by atomic mass is 10.00. The molecule has 4 aromatic rings. The average molecular weight is 620 g/mol. The third kappa shape index (κ3) is 6.91. The highest BCUT2D eigenvalue weighted by molar-refractivity contribution is 7.18. The molecular formula is C32H34FN5O5S. The van der Waals surface area contributed by atoms with Gasteiger partial charge in [-0.05, 0) is 75.1 Å². The number of piperidine rings is 1. The molecule has 0 aliphatic carbocycles. The molecule has 12 heteroatoms. The van der Waals surface area contributed by atoms with E-state index in [0.29, 0.717) is 35.5 Å². The van der Waals surface area contributed by atoms with Crippen molar-refractivity contribution in [3.8, 4) is 27.6 Å². The van der Waals surface area contributed by atoms with Crippen LogP contribution >= 0.6 is 11.3 Å². The second-order valence-corrected chi connectivity index (χ2v) is 12.9. The first-order chi connectivity index (χ1) is 21.0. The number of hydrogen-bond donors (Lipinski definition) is 3. The fraction of sp³-hybridized carbons (Fsp3) is 0.375. The first-order valence-electron chi connectivity index (χ1n) is 14.3. The number of likely N-dealkylation sites (tertiary alicyclic amines) is 1. The molecule has 0 radical (unpaired) electrons. The van der Waals surface area contributed by atoms with Crippen molar-refractivity contribution in [1.29, 1.82) is 5.26 Å². The standard InChI is InChI=1S/C32H34FN5O5S/c1-32(2,3)43-31(42)36-23-5-4-10-37(16-23)30(41)28-13-25(19-6-7-21(14-34)26(33)12-19)29(44-28)20-8-9-27-22(11-20)15-35-38(27)17-24(40)18-39/h6-9,11-13,15,23-24,39-40H,4-5,10,16-18H2,1-3H3,(H,36,42)/t23-,24?/m1/s1. The van der Waals surface area contributed by atoms with E-state index < -0.39 is 23.6 Å². The van der Waals surface area contributed by atoms with Crippen molar-refractivity contribution in [2.45, 2.75) is 57.9 Å². The minimum Gasteiger partial charge on any atom is -0.444 e. The fourth-order valence-electron chi connectivity index (χ4n) is 5.24. The number of aliphatic hydroxyl groups excluding tert-OH is 2. The molecule has 1 fully saturated rings. The Hall–Kier alpha value is -4.31. The van der Waals surface area contributed by atoms with Gasteiger partial charge in [-0.15, -0.1) is 11.3 Å². The van der Waals surface area contributed by atoms with Gasteiger partial charge in [-0.3, -0.25) is 9.48 Å². The SMILES string of the molecule is CC(C)(C)OC(=O)N[C@@H]1CCCN(C(=O)c2cc(-c3ccc(C#N)c(F)c3)c(-c3ccc4c(cnn4CC(O)CO)c3)s2)C1. The number of alkyl carbamates (subject to hydrolysis) is 1. The number of nitrogens with zero attached hydrogens (tertiary/aromatic N) is 4. The van der Waals surface area contributed by atoms with Gasteiger partial charge in [0.1, 0.15) is 17.5 Å². The summed E-state index contributed by atoms with van der Waals surface area (Å²) in [5, 5.41) is 36.4. The van der Waals surface area contributed by atoms with Crippen LogP contribution in [-0.4, -0.2) is 74.3 Å². The Morgan fingerprint density at radius 2 is 2.00 bits per heavy atom. The van der Waals surface area contributed by atoms with Gasteiger partial charge in [0.25, 0.3) is 5.91 Å². The van der Waals surface area contributed by atoms with Crippen molar-refractivity contribution in [2.75, 3.05) is 19.7 Å². The van der Waals surface area contributed by atoms with Crippen LogP contribution in [0.15, 0.2) is 48.7 Å². The number of hydrogen-bond acceptors (Lipinski definition) is 8. The van der Waals surface area contributed by atoms with Crippen LogP contribution in [0, 0.1) is 17.1 Å². The molecule has 3 heterocycles. The number of nitriles is 1. The number of carbonyl (C=O) groups is 2. The zero-order valence-corrected chi connectivity index (χ0v) is 25.5. The van der Waals surface area contributed by atoms with Gasteiger partial charge in [0.2, 0.25) is 0 Å². The van der Waals surface area contributed by atoms with Gasteiger partial charge in [0.05, 0.1) is 41.4 Å². The molecule has 1 saturated heterocycles. The number of rotatable bonds is 7. The van der Waals surface area contributed by atoms with Crippen LogP contribution in [0.1, 0.15) is 48.8 Å². The smallest absolute Gasteiger partial charge is 0.407 e. The van der Waals surface area contributed by atoms with E-state index in [1.807, 2.05) is 24.3 Å². The number of thiophene rings is 1. The summed E-state index contributed by atoms with van der Waals surface area (Å²) in [6.07, 6.45) is 1.62. The molecule has 1 aliphatic heterocycles. The van der Waals surface area contributed by atoms with Crippen LogP contribution in [0.5, 0.6) is 0 Å². The minimum atomic E-state index is -0.949. The van der Waals surface area contributed by atoms with E-state index in [9.17, 15) is 29.5 Å². The van der Waals surface area contributed by atoms with E-state index in [-0.39, 0.29) is 30.7 Å². The summed E-state index contributed by atoms with van der Waals surface area (Å²) in [4.78, 5) is 29.1. The summed E-state index contributed by atoms with van der Waals surface area (Å²) < 4.78 is 21.7. The monoisotopic (exact) mass is 619 g/mol. The van der Waals surface area contributed by atoms with Crippen molar-refractivity contribution in [3.63, 3.8) is 0 Å². The second-order valence-electron chi connectivity index (χ2n) is 11.8. The van der Waals surface area contributed by atoms with Gasteiger partial charge in [0.15, 0.2) is 0 Å². The summed E-state index contributed by atoms with van der Waals surface area (Å²) in [6, 6.07) is 13.4. The molecule has 230 valence electrons. The van der Waals surface area contributed by atoms with E-state index in [2.05, 4.69) is 10.4 Å². The van der Waals surface area contributed by atoms with Gasteiger partial charge in [-0.2, -0.15) is 10.4 Å². The Balaban J connectivity index is 1.48. The van der Waals surface area contributed by atoms with Gasteiger partial charge in [0, 0.05) is 35.0 Å². The predicted octanol–water partition coefficient (Wildman–Crippen LogP) is 4.93. The summed E-state index contributed by atoms with van der Waals surface area (Å²) in [7, 11) is 0. The lowest BCUT2D eigenvalue weighted by Crippen LogP contribution is -2.50. The van der Waals surface area contributed by atoms with Crippen LogP contribution in [-0.2, 0) is 11.3 Å². The molecule has 2 aromatic carbocycles. The lowest BCUT2D eigenvalue weighted by molar-refractivity contribution is 0.0453. The number of fused-ring (bicyclic) bond motifs is 1. The normalized spacial score (nSPS) is 16.0. The quantitative estimate of drug-likeness (QED) is 0.267. The zero-order chi connectivity index (χ0) is 31.6. The van der Waals surface area contributed by atoms with Crippen LogP contribution in [0.2, 0.25) is 0 Å². The molecule has 0 bridgehead atoms. The van der Waals surface area contributed by atoms with Crippen LogP contribution in [0.4, 0.5) is 9.18 Å². The summed E-state index contributed by atoms with van der Waals surface area (Å²) in [5.74, 6) is -0.847. The van der Waals surface area contributed by atoms with Gasteiger partial charge in [-0.1, -0.05) is 12.1 Å². The molecule has 0 saturated carbocycles. The number of amides is 2. The van der Waals surface area contributed by atoms with Gasteiger partial charge >= 0.3 is 6.09 Å². The summed E-state index contributed by atoms with van der Waals surface area (Å²) in [6.45, 7) is 5.99. The van der Waals surface area contributed by atoms with Gasteiger partial charge in [-0.25, -0.2) is 9.18 Å². The van der Waals surface area contributed by atoms with Crippen LogP contribution in [0.25, 0.3) is 32.5 Å². The van der Waals surface area contributed by atoms with Crippen molar-refractivity contribution in [2.24, 2.45) is 0 Å². The Morgan fingerprint density at radius 3 is 2.70 bits per heavy atom. The Kier molecular flexibility index (Phi) is 9.01. The maximum atomic E-state index is 14.7. The first-order valence-corrected chi connectivity index (χ1v) is 15.1. The van der Waals surface area contributed by atoms with E-state index >= 15 is 0 Å². The molecule has 5 rings (SSSR count). The minimum absolute atomic E-state index is 0.0717.